The molecule has 0 amide bonds. The van der Waals surface area contributed by atoms with E-state index >= 15 is 0 Å². The summed E-state index contributed by atoms with van der Waals surface area (Å²) in [5.74, 6) is 0.758. The maximum absolute atomic E-state index is 10.7. The molecule has 0 aliphatic carbocycles. The molecule has 0 unspecified atom stereocenters. The number of aliphatic hydroxyl groups is 2. The molecular weight excluding hydrogens is 362 g/mol. The molecule has 1 fully saturated rings. The molecule has 2 atom stereocenters. The Hall–Kier alpha value is -1.59. The summed E-state index contributed by atoms with van der Waals surface area (Å²) >= 11 is 6.21. The highest BCUT2D eigenvalue weighted by Crippen LogP contribution is 2.45. The van der Waals surface area contributed by atoms with Crippen molar-refractivity contribution < 1.29 is 14.9 Å². The van der Waals surface area contributed by atoms with E-state index in [9.17, 15) is 10.2 Å². The van der Waals surface area contributed by atoms with Crippen LogP contribution in [0.5, 0.6) is 5.75 Å². The van der Waals surface area contributed by atoms with Gasteiger partial charge in [0, 0.05) is 36.6 Å². The lowest BCUT2D eigenvalue weighted by Crippen LogP contribution is -2.51. The Kier molecular flexibility index (Phi) is 5.17. The molecule has 2 aliphatic rings. The van der Waals surface area contributed by atoms with E-state index in [1.54, 1.807) is 0 Å². The fourth-order valence-electron chi connectivity index (χ4n) is 4.23. The van der Waals surface area contributed by atoms with Crippen molar-refractivity contribution in [1.29, 1.82) is 0 Å². The zero-order chi connectivity index (χ0) is 19.0. The number of hydrogen-bond donors (Lipinski definition) is 2. The monoisotopic (exact) mass is 387 g/mol. The van der Waals surface area contributed by atoms with Crippen LogP contribution < -0.4 is 4.74 Å². The van der Waals surface area contributed by atoms with Crippen LogP contribution in [0.15, 0.2) is 42.5 Å². The SMILES string of the molecule is Cc1cc2c(cc1Cl)[C@H](O)CC1(CCN(C[C@@H](O)c3ccccc3)CC1)O2. The predicted octanol–water partition coefficient (Wildman–Crippen LogP) is 4.03. The van der Waals surface area contributed by atoms with E-state index in [0.29, 0.717) is 18.0 Å². The number of ether oxygens (including phenoxy) is 1. The molecular formula is C22H26ClNO3. The lowest BCUT2D eigenvalue weighted by molar-refractivity contribution is -0.0588. The number of β-amino-alcohol motifs (C(OH)–C–C–N with tert-alkyl or cyclic N) is 1. The molecule has 0 radical (unpaired) electrons. The van der Waals surface area contributed by atoms with E-state index in [1.165, 1.54) is 0 Å². The van der Waals surface area contributed by atoms with Crippen LogP contribution in [-0.4, -0.2) is 40.3 Å². The van der Waals surface area contributed by atoms with Crippen molar-refractivity contribution in [2.45, 2.75) is 44.0 Å². The third-order valence-electron chi connectivity index (χ3n) is 5.92. The van der Waals surface area contributed by atoms with Gasteiger partial charge in [0.15, 0.2) is 0 Å². The second-order valence-electron chi connectivity index (χ2n) is 7.87. The predicted molar refractivity (Wildman–Crippen MR) is 106 cm³/mol. The highest BCUT2D eigenvalue weighted by molar-refractivity contribution is 6.31. The Morgan fingerprint density at radius 1 is 1.22 bits per heavy atom. The summed E-state index contributed by atoms with van der Waals surface area (Å²) in [6.07, 6.45) is 1.24. The van der Waals surface area contributed by atoms with E-state index in [-0.39, 0.29) is 5.60 Å². The number of nitrogens with zero attached hydrogens (tertiary/aromatic N) is 1. The number of hydrogen-bond acceptors (Lipinski definition) is 4. The average Bonchev–Trinajstić information content (AvgIpc) is 2.66. The molecule has 0 aromatic heterocycles. The molecule has 0 bridgehead atoms. The second-order valence-corrected chi connectivity index (χ2v) is 8.28. The van der Waals surface area contributed by atoms with Crippen LogP contribution in [0.4, 0.5) is 0 Å². The minimum absolute atomic E-state index is 0.332. The Labute approximate surface area is 165 Å². The van der Waals surface area contributed by atoms with Gasteiger partial charge in [-0.15, -0.1) is 0 Å². The standard InChI is InChI=1S/C22H26ClNO3/c1-15-11-21-17(12-18(15)23)19(25)13-22(27-21)7-9-24(10-8-22)14-20(26)16-5-3-2-4-6-16/h2-6,11-12,19-20,25-26H,7-10,13-14H2,1H3/t19-,20-/m1/s1. The van der Waals surface area contributed by atoms with E-state index < -0.39 is 12.2 Å². The lowest BCUT2D eigenvalue weighted by atomic mass is 9.81. The Bertz CT molecular complexity index is 803. The molecule has 2 aromatic rings. The minimum atomic E-state index is -0.548. The van der Waals surface area contributed by atoms with Gasteiger partial charge in [-0.25, -0.2) is 0 Å². The number of halogens is 1. The molecule has 1 saturated heterocycles. The summed E-state index contributed by atoms with van der Waals surface area (Å²) in [4.78, 5) is 2.28. The molecule has 2 heterocycles. The Balaban J connectivity index is 1.42. The van der Waals surface area contributed by atoms with Crippen LogP contribution >= 0.6 is 11.6 Å². The number of benzene rings is 2. The van der Waals surface area contributed by atoms with Crippen molar-refractivity contribution >= 4 is 11.6 Å². The van der Waals surface area contributed by atoms with Crippen molar-refractivity contribution in [3.63, 3.8) is 0 Å². The van der Waals surface area contributed by atoms with Gasteiger partial charge in [0.25, 0.3) is 0 Å². The van der Waals surface area contributed by atoms with E-state index in [0.717, 1.165) is 48.4 Å². The lowest BCUT2D eigenvalue weighted by Gasteiger charge is -2.46. The number of piperidine rings is 1. The summed E-state index contributed by atoms with van der Waals surface area (Å²) in [5, 5.41) is 21.8. The summed E-state index contributed by atoms with van der Waals surface area (Å²) in [5.41, 5.74) is 2.37. The van der Waals surface area contributed by atoms with Crippen molar-refractivity contribution in [2.24, 2.45) is 0 Å². The van der Waals surface area contributed by atoms with Crippen molar-refractivity contribution in [2.75, 3.05) is 19.6 Å². The Morgan fingerprint density at radius 3 is 2.63 bits per heavy atom. The van der Waals surface area contributed by atoms with Crippen LogP contribution in [0.1, 0.15) is 48.2 Å². The summed E-state index contributed by atoms with van der Waals surface area (Å²) in [7, 11) is 0. The van der Waals surface area contributed by atoms with Gasteiger partial charge in [0.05, 0.1) is 12.2 Å². The number of rotatable bonds is 3. The van der Waals surface area contributed by atoms with Crippen LogP contribution in [0, 0.1) is 6.92 Å². The third-order valence-corrected chi connectivity index (χ3v) is 6.33. The summed E-state index contributed by atoms with van der Waals surface area (Å²) in [6, 6.07) is 13.5. The van der Waals surface area contributed by atoms with Gasteiger partial charge in [-0.3, -0.25) is 0 Å². The topological polar surface area (TPSA) is 52.9 Å². The molecule has 2 aromatic carbocycles. The van der Waals surface area contributed by atoms with Gasteiger partial charge in [-0.05, 0) is 43.0 Å². The average molecular weight is 388 g/mol. The first-order valence-corrected chi connectivity index (χ1v) is 9.96. The van der Waals surface area contributed by atoms with Crippen LogP contribution in [0.2, 0.25) is 5.02 Å². The number of aliphatic hydroxyl groups excluding tert-OH is 2. The van der Waals surface area contributed by atoms with Crippen molar-refractivity contribution in [1.82, 2.24) is 4.90 Å². The minimum Gasteiger partial charge on any atom is -0.487 e. The molecule has 4 nitrogen and oxygen atoms in total. The van der Waals surface area contributed by atoms with Crippen LogP contribution in [0.25, 0.3) is 0 Å². The summed E-state index contributed by atoms with van der Waals surface area (Å²) < 4.78 is 6.40. The molecule has 2 N–H and O–H groups in total. The quantitative estimate of drug-likeness (QED) is 0.834. The number of fused-ring (bicyclic) bond motifs is 1. The molecule has 1 spiro atoms. The third kappa shape index (κ3) is 3.85. The molecule has 4 rings (SSSR count). The molecule has 0 saturated carbocycles. The van der Waals surface area contributed by atoms with Gasteiger partial charge in [-0.1, -0.05) is 41.9 Å². The molecule has 5 heteroatoms. The van der Waals surface area contributed by atoms with Gasteiger partial charge in [-0.2, -0.15) is 0 Å². The highest BCUT2D eigenvalue weighted by Gasteiger charge is 2.43. The largest absolute Gasteiger partial charge is 0.487 e. The fraction of sp³-hybridized carbons (Fsp3) is 0.455. The van der Waals surface area contributed by atoms with E-state index in [4.69, 9.17) is 16.3 Å². The normalized spacial score (nSPS) is 22.9. The van der Waals surface area contributed by atoms with Crippen LogP contribution in [0.3, 0.4) is 0 Å². The first kappa shape index (κ1) is 18.8. The van der Waals surface area contributed by atoms with Gasteiger partial charge in [0.1, 0.15) is 11.4 Å². The van der Waals surface area contributed by atoms with Crippen molar-refractivity contribution in [3.05, 3.63) is 64.2 Å². The molecule has 27 heavy (non-hydrogen) atoms. The smallest absolute Gasteiger partial charge is 0.126 e. The zero-order valence-electron chi connectivity index (χ0n) is 15.6. The van der Waals surface area contributed by atoms with Crippen molar-refractivity contribution in [3.8, 4) is 5.75 Å². The zero-order valence-corrected chi connectivity index (χ0v) is 16.3. The van der Waals surface area contributed by atoms with E-state index in [1.807, 2.05) is 49.4 Å². The van der Waals surface area contributed by atoms with Gasteiger partial charge < -0.3 is 19.8 Å². The molecule has 2 aliphatic heterocycles. The second kappa shape index (κ2) is 7.44. The first-order chi connectivity index (χ1) is 13.0. The fourth-order valence-corrected chi connectivity index (χ4v) is 4.40. The number of aryl methyl sites for hydroxylation is 1. The van der Waals surface area contributed by atoms with E-state index in [2.05, 4.69) is 4.90 Å². The summed E-state index contributed by atoms with van der Waals surface area (Å²) in [6.45, 7) is 4.26. The molecule has 144 valence electrons. The maximum Gasteiger partial charge on any atom is 0.126 e. The van der Waals surface area contributed by atoms with Gasteiger partial charge >= 0.3 is 0 Å². The maximum atomic E-state index is 10.7. The first-order valence-electron chi connectivity index (χ1n) is 9.58. The Morgan fingerprint density at radius 2 is 1.93 bits per heavy atom. The van der Waals surface area contributed by atoms with Gasteiger partial charge in [0.2, 0.25) is 0 Å². The highest BCUT2D eigenvalue weighted by atomic mass is 35.5. The van der Waals surface area contributed by atoms with Crippen LogP contribution in [-0.2, 0) is 0 Å². The number of likely N-dealkylation sites (tertiary alicyclic amines) is 1.